The van der Waals surface area contributed by atoms with Crippen LogP contribution in [-0.4, -0.2) is 31.7 Å². The van der Waals surface area contributed by atoms with Crippen LogP contribution in [0, 0.1) is 34.6 Å². The molecule has 0 aliphatic rings. The van der Waals surface area contributed by atoms with Gasteiger partial charge in [0.05, 0.1) is 16.8 Å². The number of amides is 1. The molecule has 0 bridgehead atoms. The predicted molar refractivity (Wildman–Crippen MR) is 163 cm³/mol. The van der Waals surface area contributed by atoms with Crippen LogP contribution >= 0.6 is 23.2 Å². The number of carbonyl (C=O) groups is 1. The van der Waals surface area contributed by atoms with Crippen LogP contribution in [0.4, 0.5) is 5.69 Å². The smallest absolute Gasteiger partial charge is 0.264 e. The van der Waals surface area contributed by atoms with Gasteiger partial charge in [0.15, 0.2) is 0 Å². The molecule has 3 aromatic carbocycles. The standard InChI is InChI=1S/C30H30Cl2N4O3S/c1-19-6-9-28(10-7-19)40(38,39)35(29-11-8-20(2)12-21(29)3)18-30(37)34-33-17-24-13-22(4)36(23(24)5)27-15-25(31)14-26(32)16-27/h6-17H,18H2,1-5H3,(H,34,37)/b33-17-. The highest BCUT2D eigenvalue weighted by atomic mass is 35.5. The van der Waals surface area contributed by atoms with Crippen molar-refractivity contribution in [1.29, 1.82) is 0 Å². The first-order valence-electron chi connectivity index (χ1n) is 12.5. The first kappa shape index (κ1) is 29.4. The van der Waals surface area contributed by atoms with Gasteiger partial charge in [-0.15, -0.1) is 0 Å². The van der Waals surface area contributed by atoms with Crippen LogP contribution in [0.25, 0.3) is 5.69 Å². The fourth-order valence-corrected chi connectivity index (χ4v) is 6.55. The van der Waals surface area contributed by atoms with Gasteiger partial charge in [0, 0.05) is 32.7 Å². The molecule has 0 spiro atoms. The Morgan fingerprint density at radius 3 is 2.15 bits per heavy atom. The summed E-state index contributed by atoms with van der Waals surface area (Å²) < 4.78 is 30.4. The topological polar surface area (TPSA) is 83.8 Å². The zero-order valence-electron chi connectivity index (χ0n) is 22.9. The Labute approximate surface area is 245 Å². The Kier molecular flexibility index (Phi) is 8.73. The van der Waals surface area contributed by atoms with Gasteiger partial charge in [0.1, 0.15) is 6.54 Å². The van der Waals surface area contributed by atoms with E-state index in [2.05, 4.69) is 10.5 Å². The summed E-state index contributed by atoms with van der Waals surface area (Å²) in [6.45, 7) is 9.03. The van der Waals surface area contributed by atoms with E-state index in [0.717, 1.165) is 43.6 Å². The quantitative estimate of drug-likeness (QED) is 0.182. The number of benzene rings is 3. The third-order valence-corrected chi connectivity index (χ3v) is 8.70. The minimum atomic E-state index is -4.03. The molecule has 4 rings (SSSR count). The molecular weight excluding hydrogens is 567 g/mol. The number of nitrogens with zero attached hydrogens (tertiary/aromatic N) is 3. The molecule has 0 aliphatic heterocycles. The highest BCUT2D eigenvalue weighted by Gasteiger charge is 2.28. The summed E-state index contributed by atoms with van der Waals surface area (Å²) in [4.78, 5) is 13.1. The number of hydrazone groups is 1. The number of hydrogen-bond acceptors (Lipinski definition) is 4. The molecule has 1 heterocycles. The van der Waals surface area contributed by atoms with Gasteiger partial charge >= 0.3 is 0 Å². The van der Waals surface area contributed by atoms with Crippen LogP contribution in [0.1, 0.15) is 33.6 Å². The summed E-state index contributed by atoms with van der Waals surface area (Å²) in [6, 6.07) is 19.2. The lowest BCUT2D eigenvalue weighted by molar-refractivity contribution is -0.119. The van der Waals surface area contributed by atoms with Crippen LogP contribution in [-0.2, 0) is 14.8 Å². The van der Waals surface area contributed by atoms with Crippen LogP contribution < -0.4 is 9.73 Å². The molecule has 40 heavy (non-hydrogen) atoms. The van der Waals surface area contributed by atoms with Gasteiger partial charge in [-0.3, -0.25) is 9.10 Å². The number of sulfonamides is 1. The van der Waals surface area contributed by atoms with Crippen molar-refractivity contribution in [2.45, 2.75) is 39.5 Å². The van der Waals surface area contributed by atoms with Gasteiger partial charge in [0.25, 0.3) is 15.9 Å². The van der Waals surface area contributed by atoms with Gasteiger partial charge in [0.2, 0.25) is 0 Å². The monoisotopic (exact) mass is 596 g/mol. The lowest BCUT2D eigenvalue weighted by Gasteiger charge is -2.25. The molecule has 0 aliphatic carbocycles. The van der Waals surface area contributed by atoms with Crippen LogP contribution in [0.2, 0.25) is 10.0 Å². The minimum Gasteiger partial charge on any atom is -0.318 e. The summed E-state index contributed by atoms with van der Waals surface area (Å²) in [6.07, 6.45) is 1.53. The van der Waals surface area contributed by atoms with E-state index in [1.807, 2.05) is 69.5 Å². The maximum Gasteiger partial charge on any atom is 0.264 e. The first-order chi connectivity index (χ1) is 18.9. The number of nitrogens with one attached hydrogen (secondary N) is 1. The highest BCUT2D eigenvalue weighted by molar-refractivity contribution is 7.92. The zero-order chi connectivity index (χ0) is 29.2. The van der Waals surface area contributed by atoms with Gasteiger partial charge in [-0.25, -0.2) is 13.8 Å². The van der Waals surface area contributed by atoms with Crippen molar-refractivity contribution in [2.24, 2.45) is 5.10 Å². The molecule has 208 valence electrons. The van der Waals surface area contributed by atoms with E-state index in [4.69, 9.17) is 23.2 Å². The molecule has 10 heteroatoms. The van der Waals surface area contributed by atoms with Crippen molar-refractivity contribution in [3.8, 4) is 5.69 Å². The fraction of sp³-hybridized carbons (Fsp3) is 0.200. The summed E-state index contributed by atoms with van der Waals surface area (Å²) in [5.41, 5.74) is 8.93. The maximum absolute atomic E-state index is 13.7. The summed E-state index contributed by atoms with van der Waals surface area (Å²) in [5.74, 6) is -0.581. The first-order valence-corrected chi connectivity index (χ1v) is 14.7. The number of hydrogen-bond donors (Lipinski definition) is 1. The van der Waals surface area contributed by atoms with Crippen LogP contribution in [0.15, 0.2) is 76.7 Å². The van der Waals surface area contributed by atoms with Gasteiger partial charge in [-0.1, -0.05) is 58.6 Å². The van der Waals surface area contributed by atoms with E-state index in [-0.39, 0.29) is 4.90 Å². The molecular formula is C30H30Cl2N4O3S. The Bertz CT molecular complexity index is 1690. The van der Waals surface area contributed by atoms with E-state index < -0.39 is 22.5 Å². The number of aryl methyl sites for hydroxylation is 4. The fourth-order valence-electron chi connectivity index (χ4n) is 4.55. The van der Waals surface area contributed by atoms with Crippen molar-refractivity contribution in [2.75, 3.05) is 10.8 Å². The van der Waals surface area contributed by atoms with E-state index in [9.17, 15) is 13.2 Å². The maximum atomic E-state index is 13.7. The number of carbonyl (C=O) groups excluding carboxylic acids is 1. The zero-order valence-corrected chi connectivity index (χ0v) is 25.2. The lowest BCUT2D eigenvalue weighted by Crippen LogP contribution is -2.40. The third-order valence-electron chi connectivity index (χ3n) is 6.49. The minimum absolute atomic E-state index is 0.0999. The van der Waals surface area contributed by atoms with Crippen molar-refractivity contribution >= 4 is 51.0 Å². The second-order valence-corrected chi connectivity index (χ2v) is 12.4. The van der Waals surface area contributed by atoms with Crippen LogP contribution in [0.3, 0.4) is 0 Å². The van der Waals surface area contributed by atoms with E-state index in [0.29, 0.717) is 15.7 Å². The van der Waals surface area contributed by atoms with Gasteiger partial charge < -0.3 is 4.57 Å². The van der Waals surface area contributed by atoms with Gasteiger partial charge in [-0.2, -0.15) is 5.10 Å². The summed E-state index contributed by atoms with van der Waals surface area (Å²) in [7, 11) is -4.03. The Morgan fingerprint density at radius 2 is 1.52 bits per heavy atom. The van der Waals surface area contributed by atoms with E-state index in [1.54, 1.807) is 36.4 Å². The SMILES string of the molecule is Cc1ccc(S(=O)(=O)N(CC(=O)N/N=C\c2cc(C)n(-c3cc(Cl)cc(Cl)c3)c2C)c2ccc(C)cc2C)cc1. The van der Waals surface area contributed by atoms with Crippen molar-refractivity contribution in [3.05, 3.63) is 110 Å². The molecule has 0 unspecified atom stereocenters. The lowest BCUT2D eigenvalue weighted by atomic mass is 10.1. The Hall–Kier alpha value is -3.59. The molecule has 4 aromatic rings. The second-order valence-electron chi connectivity index (χ2n) is 9.70. The number of aromatic nitrogens is 1. The van der Waals surface area contributed by atoms with E-state index in [1.165, 1.54) is 6.21 Å². The van der Waals surface area contributed by atoms with Crippen molar-refractivity contribution < 1.29 is 13.2 Å². The number of anilines is 1. The third kappa shape index (κ3) is 6.41. The molecule has 0 fully saturated rings. The Morgan fingerprint density at radius 1 is 0.900 bits per heavy atom. The summed E-state index contributed by atoms with van der Waals surface area (Å²) >= 11 is 12.4. The molecule has 1 amide bonds. The number of halogens is 2. The molecule has 0 atom stereocenters. The largest absolute Gasteiger partial charge is 0.318 e. The predicted octanol–water partition coefficient (Wildman–Crippen LogP) is 6.67. The summed E-state index contributed by atoms with van der Waals surface area (Å²) in [5, 5.41) is 5.16. The molecule has 1 aromatic heterocycles. The highest BCUT2D eigenvalue weighted by Crippen LogP contribution is 2.28. The van der Waals surface area contributed by atoms with Crippen molar-refractivity contribution in [3.63, 3.8) is 0 Å². The Balaban J connectivity index is 1.58. The molecule has 1 N–H and O–H groups in total. The average molecular weight is 598 g/mol. The van der Waals surface area contributed by atoms with Crippen LogP contribution in [0.5, 0.6) is 0 Å². The molecule has 0 saturated heterocycles. The number of rotatable bonds is 8. The normalized spacial score (nSPS) is 11.7. The van der Waals surface area contributed by atoms with Gasteiger partial charge in [-0.05, 0) is 82.6 Å². The van der Waals surface area contributed by atoms with Crippen molar-refractivity contribution in [1.82, 2.24) is 9.99 Å². The molecule has 0 saturated carbocycles. The molecule has 7 nitrogen and oxygen atoms in total. The second kappa shape index (κ2) is 11.9. The molecule has 0 radical (unpaired) electrons. The average Bonchev–Trinajstić information content (AvgIpc) is 3.15. The van der Waals surface area contributed by atoms with E-state index >= 15 is 0 Å².